The van der Waals surface area contributed by atoms with Crippen LogP contribution in [-0.4, -0.2) is 54.9 Å². The van der Waals surface area contributed by atoms with E-state index in [1.807, 2.05) is 83.2 Å². The molecule has 4 N–H and O–H groups in total. The molecular weight excluding hydrogens is 623 g/mol. The molecule has 12 heteroatoms. The van der Waals surface area contributed by atoms with Gasteiger partial charge in [-0.1, -0.05) is 37.3 Å². The van der Waals surface area contributed by atoms with Gasteiger partial charge in [0.25, 0.3) is 0 Å². The van der Waals surface area contributed by atoms with E-state index in [0.717, 1.165) is 33.1 Å². The van der Waals surface area contributed by atoms with Gasteiger partial charge < -0.3 is 14.8 Å². The Hall–Kier alpha value is -3.45. The molecule has 10 nitrogen and oxygen atoms in total. The molecule has 2 atom stereocenters. The van der Waals surface area contributed by atoms with Crippen LogP contribution in [0.2, 0.25) is 0 Å². The van der Waals surface area contributed by atoms with Gasteiger partial charge in [-0.05, 0) is 76.3 Å². The highest BCUT2D eigenvalue weighted by atomic mass is 32.2. The summed E-state index contributed by atoms with van der Waals surface area (Å²) in [6.07, 6.45) is 5.18. The van der Waals surface area contributed by atoms with Gasteiger partial charge in [-0.2, -0.15) is 4.31 Å². The molecular formula is C34H48N5O5S2+. The van der Waals surface area contributed by atoms with Crippen LogP contribution in [0.25, 0.3) is 0 Å². The summed E-state index contributed by atoms with van der Waals surface area (Å²) in [4.78, 5) is 20.1. The molecule has 4 rings (SSSR count). The average Bonchev–Trinajstić information content (AvgIpc) is 3.34. The molecule has 0 saturated carbocycles. The van der Waals surface area contributed by atoms with Crippen molar-refractivity contribution in [3.8, 4) is 5.88 Å². The van der Waals surface area contributed by atoms with Crippen LogP contribution in [0.3, 0.4) is 0 Å². The number of pyridine rings is 1. The summed E-state index contributed by atoms with van der Waals surface area (Å²) in [7, 11) is -1.94. The number of nitrogens with one attached hydrogen (secondary N) is 1. The van der Waals surface area contributed by atoms with Gasteiger partial charge in [-0.3, -0.25) is 10.6 Å². The van der Waals surface area contributed by atoms with Gasteiger partial charge in [0.05, 0.1) is 24.7 Å². The molecule has 250 valence electrons. The maximum Gasteiger partial charge on any atom is 0.312 e. The topological polar surface area (TPSA) is 129 Å². The lowest BCUT2D eigenvalue weighted by Gasteiger charge is -2.32. The SMILES string of the molecule is CCN/C=C(/CCC(c1cc(CN2C[C@@H](CC)Oc3ncccc3S2(=O)=O)c(C)s1)C(C)(C)C(=O)OCc1ccccc1)N(C)[NH3+]. The minimum Gasteiger partial charge on any atom is -0.472 e. The van der Waals surface area contributed by atoms with Gasteiger partial charge in [0.2, 0.25) is 15.9 Å². The molecule has 0 fully saturated rings. The van der Waals surface area contributed by atoms with Crippen molar-refractivity contribution >= 4 is 27.3 Å². The number of carbonyl (C=O) groups excluding carboxylic acids is 1. The molecule has 1 aromatic carbocycles. The van der Waals surface area contributed by atoms with Crippen LogP contribution in [0.5, 0.6) is 5.88 Å². The van der Waals surface area contributed by atoms with E-state index >= 15 is 0 Å². The first-order valence-electron chi connectivity index (χ1n) is 15.8. The van der Waals surface area contributed by atoms with Crippen LogP contribution in [0, 0.1) is 12.3 Å². The van der Waals surface area contributed by atoms with E-state index in [2.05, 4.69) is 22.2 Å². The fourth-order valence-corrected chi connectivity index (χ4v) is 8.43. The second-order valence-corrected chi connectivity index (χ2v) is 15.4. The third-order valence-corrected chi connectivity index (χ3v) is 11.5. The van der Waals surface area contributed by atoms with E-state index in [-0.39, 0.29) is 48.5 Å². The van der Waals surface area contributed by atoms with E-state index in [0.29, 0.717) is 19.3 Å². The van der Waals surface area contributed by atoms with E-state index in [9.17, 15) is 13.2 Å². The standard InChI is InChI=1S/C34H47N5O5S2/c1-7-28-22-39(46(41,42)31-15-12-18-37-32(31)44-28)21-26-19-30(45-24(26)3)29(17-16-27(38(6)35)20-36-8-2)34(4,5)33(40)43-23-25-13-10-9-11-14-25/h9-15,18-20,28-29,36H,7-8,16-17,21-23,35H2,1-6H3/p+1/b27-20-/t28-,29?/m1/s1. The lowest BCUT2D eigenvalue weighted by Crippen LogP contribution is -2.64. The molecule has 3 heterocycles. The molecule has 46 heavy (non-hydrogen) atoms. The highest BCUT2D eigenvalue weighted by Crippen LogP contribution is 2.45. The summed E-state index contributed by atoms with van der Waals surface area (Å²) in [5, 5.41) is 5.11. The number of esters is 1. The number of rotatable bonds is 14. The second-order valence-electron chi connectivity index (χ2n) is 12.2. The Labute approximate surface area is 277 Å². The monoisotopic (exact) mass is 670 g/mol. The van der Waals surface area contributed by atoms with Crippen LogP contribution in [-0.2, 0) is 32.7 Å². The predicted molar refractivity (Wildman–Crippen MR) is 180 cm³/mol. The van der Waals surface area contributed by atoms with E-state index < -0.39 is 15.4 Å². The fraction of sp³-hybridized carbons (Fsp3) is 0.471. The molecule has 2 aromatic heterocycles. The maximum atomic E-state index is 13.8. The zero-order valence-electron chi connectivity index (χ0n) is 27.8. The maximum absolute atomic E-state index is 13.8. The minimum absolute atomic E-state index is 0.0801. The number of allylic oxidation sites excluding steroid dienone is 1. The summed E-state index contributed by atoms with van der Waals surface area (Å²) < 4.78 is 41.1. The lowest BCUT2D eigenvalue weighted by molar-refractivity contribution is -0.553. The van der Waals surface area contributed by atoms with E-state index in [1.54, 1.807) is 29.7 Å². The first-order valence-corrected chi connectivity index (χ1v) is 18.0. The van der Waals surface area contributed by atoms with Crippen molar-refractivity contribution in [2.24, 2.45) is 5.41 Å². The number of benzene rings is 1. The smallest absolute Gasteiger partial charge is 0.312 e. The Morgan fingerprint density at radius 3 is 2.67 bits per heavy atom. The Morgan fingerprint density at radius 2 is 2.00 bits per heavy atom. The summed E-state index contributed by atoms with van der Waals surface area (Å²) in [6, 6.07) is 14.9. The number of hydrogen-bond donors (Lipinski definition) is 2. The number of sulfonamides is 1. The van der Waals surface area contributed by atoms with Crippen molar-refractivity contribution in [2.75, 3.05) is 20.1 Å². The third-order valence-electron chi connectivity index (χ3n) is 8.49. The quantitative estimate of drug-likeness (QED) is 0.182. The fourth-order valence-electron chi connectivity index (χ4n) is 5.54. The van der Waals surface area contributed by atoms with Crippen molar-refractivity contribution in [2.45, 2.75) is 84.0 Å². The van der Waals surface area contributed by atoms with Crippen molar-refractivity contribution in [3.63, 3.8) is 0 Å². The molecule has 0 aliphatic carbocycles. The van der Waals surface area contributed by atoms with Crippen LogP contribution >= 0.6 is 11.3 Å². The Kier molecular flexibility index (Phi) is 11.9. The number of aryl methyl sites for hydroxylation is 1. The highest BCUT2D eigenvalue weighted by molar-refractivity contribution is 7.89. The van der Waals surface area contributed by atoms with Crippen molar-refractivity contribution in [1.82, 2.24) is 19.6 Å². The summed E-state index contributed by atoms with van der Waals surface area (Å²) in [5.74, 6) is 3.76. The second kappa shape index (κ2) is 15.4. The minimum atomic E-state index is -3.85. The van der Waals surface area contributed by atoms with Crippen molar-refractivity contribution < 1.29 is 28.5 Å². The number of hydrogen-bond acceptors (Lipinski definition) is 9. The van der Waals surface area contributed by atoms with E-state index in [4.69, 9.17) is 9.47 Å². The molecule has 0 bridgehead atoms. The predicted octanol–water partition coefficient (Wildman–Crippen LogP) is 4.99. The zero-order chi connectivity index (χ0) is 33.5. The first kappa shape index (κ1) is 35.4. The van der Waals surface area contributed by atoms with Crippen molar-refractivity contribution in [3.05, 3.63) is 87.5 Å². The molecule has 0 saturated heterocycles. The highest BCUT2D eigenvalue weighted by Gasteiger charge is 2.41. The number of ether oxygens (including phenoxy) is 2. The van der Waals surface area contributed by atoms with Gasteiger partial charge in [0, 0.05) is 41.2 Å². The van der Waals surface area contributed by atoms with Crippen LogP contribution < -0.4 is 15.9 Å². The van der Waals surface area contributed by atoms with E-state index in [1.165, 1.54) is 4.31 Å². The zero-order valence-corrected chi connectivity index (χ0v) is 29.4. The van der Waals surface area contributed by atoms with Crippen LogP contribution in [0.4, 0.5) is 0 Å². The molecule has 1 aliphatic rings. The molecule has 1 unspecified atom stereocenters. The number of nitrogens with zero attached hydrogens (tertiary/aromatic N) is 3. The lowest BCUT2D eigenvalue weighted by atomic mass is 9.75. The summed E-state index contributed by atoms with van der Waals surface area (Å²) in [5.41, 5.74) is 1.98. The van der Waals surface area contributed by atoms with Gasteiger partial charge in [0.1, 0.15) is 17.6 Å². The molecule has 0 amide bonds. The normalized spacial score (nSPS) is 17.4. The molecule has 0 radical (unpaired) electrons. The number of aromatic nitrogens is 1. The Bertz CT molecular complexity index is 1600. The van der Waals surface area contributed by atoms with Gasteiger partial charge in [-0.25, -0.2) is 18.4 Å². The van der Waals surface area contributed by atoms with Gasteiger partial charge >= 0.3 is 5.97 Å². The molecule has 0 spiro atoms. The molecule has 3 aromatic rings. The first-order chi connectivity index (χ1) is 21.9. The average molecular weight is 671 g/mol. The Balaban J connectivity index is 1.66. The van der Waals surface area contributed by atoms with Gasteiger partial charge in [-0.15, -0.1) is 11.3 Å². The third kappa shape index (κ3) is 8.28. The number of thiophene rings is 1. The number of quaternary nitrogens is 1. The summed E-state index contributed by atoms with van der Waals surface area (Å²) in [6.45, 7) is 11.3. The summed E-state index contributed by atoms with van der Waals surface area (Å²) >= 11 is 1.61. The Morgan fingerprint density at radius 1 is 1.26 bits per heavy atom. The molecule has 1 aliphatic heterocycles. The largest absolute Gasteiger partial charge is 0.472 e. The van der Waals surface area contributed by atoms with Crippen LogP contribution in [0.15, 0.2) is 71.5 Å². The van der Waals surface area contributed by atoms with Crippen molar-refractivity contribution in [1.29, 1.82) is 0 Å². The van der Waals surface area contributed by atoms with Crippen LogP contribution in [0.1, 0.15) is 73.8 Å². The number of carbonyl (C=O) groups is 1. The van der Waals surface area contributed by atoms with Gasteiger partial charge in [0.15, 0.2) is 0 Å². The number of fused-ring (bicyclic) bond motifs is 1.